The molecule has 3 heteroatoms. The fourth-order valence-electron chi connectivity index (χ4n) is 4.60. The second-order valence-corrected chi connectivity index (χ2v) is 7.60. The van der Waals surface area contributed by atoms with Crippen LogP contribution in [0.25, 0.3) is 0 Å². The third-order valence-electron chi connectivity index (χ3n) is 4.91. The second kappa shape index (κ2) is 4.14. The van der Waals surface area contributed by atoms with E-state index in [9.17, 15) is 4.79 Å². The van der Waals surface area contributed by atoms with Crippen LogP contribution in [-0.4, -0.2) is 17.7 Å². The van der Waals surface area contributed by atoms with E-state index in [-0.39, 0.29) is 6.09 Å². The van der Waals surface area contributed by atoms with E-state index in [1.807, 2.05) is 20.8 Å². The first-order valence-corrected chi connectivity index (χ1v) is 7.40. The van der Waals surface area contributed by atoms with Crippen molar-refractivity contribution in [2.75, 3.05) is 0 Å². The molecule has 4 aliphatic carbocycles. The lowest BCUT2D eigenvalue weighted by Crippen LogP contribution is -2.56. The van der Waals surface area contributed by atoms with Crippen molar-refractivity contribution in [1.82, 2.24) is 5.32 Å². The van der Waals surface area contributed by atoms with Crippen LogP contribution in [0.15, 0.2) is 0 Å². The minimum atomic E-state index is -0.393. The lowest BCUT2D eigenvalue weighted by Gasteiger charge is -2.54. The van der Waals surface area contributed by atoms with Gasteiger partial charge in [-0.25, -0.2) is 4.79 Å². The molecule has 4 fully saturated rings. The molecule has 1 N–H and O–H groups in total. The lowest BCUT2D eigenvalue weighted by atomic mass is 9.54. The van der Waals surface area contributed by atoms with Gasteiger partial charge >= 0.3 is 6.09 Å². The number of carbonyl (C=O) groups excluding carboxylic acids is 1. The van der Waals surface area contributed by atoms with Crippen molar-refractivity contribution < 1.29 is 9.53 Å². The summed E-state index contributed by atoms with van der Waals surface area (Å²) < 4.78 is 5.39. The van der Waals surface area contributed by atoms with Crippen molar-refractivity contribution in [2.45, 2.75) is 64.5 Å². The number of carbonyl (C=O) groups is 1. The normalized spacial score (nSPS) is 41.8. The lowest BCUT2D eigenvalue weighted by molar-refractivity contribution is -0.0200. The van der Waals surface area contributed by atoms with Gasteiger partial charge in [-0.3, -0.25) is 0 Å². The van der Waals surface area contributed by atoms with E-state index in [0.29, 0.717) is 17.9 Å². The number of alkyl carbamates (subject to hydrolysis) is 1. The maximum absolute atomic E-state index is 11.9. The predicted octanol–water partition coefficient (Wildman–Crippen LogP) is 3.34. The molecule has 4 rings (SSSR count). The quantitative estimate of drug-likeness (QED) is 0.776. The van der Waals surface area contributed by atoms with Gasteiger partial charge in [0.25, 0.3) is 0 Å². The van der Waals surface area contributed by atoms with Crippen LogP contribution in [0.2, 0.25) is 0 Å². The number of rotatable bonds is 1. The van der Waals surface area contributed by atoms with Gasteiger partial charge in [0, 0.05) is 6.04 Å². The summed E-state index contributed by atoms with van der Waals surface area (Å²) in [7, 11) is 0. The number of hydrogen-bond acceptors (Lipinski definition) is 2. The monoisotopic (exact) mass is 251 g/mol. The molecule has 0 heterocycles. The molecule has 0 aromatic heterocycles. The summed E-state index contributed by atoms with van der Waals surface area (Å²) in [4.78, 5) is 11.9. The fraction of sp³-hybridized carbons (Fsp3) is 0.933. The van der Waals surface area contributed by atoms with Gasteiger partial charge in [0.15, 0.2) is 0 Å². The van der Waals surface area contributed by atoms with Crippen molar-refractivity contribution in [2.24, 2.45) is 23.7 Å². The van der Waals surface area contributed by atoms with Gasteiger partial charge in [0.05, 0.1) is 0 Å². The summed E-state index contributed by atoms with van der Waals surface area (Å²) in [5.74, 6) is 3.33. The van der Waals surface area contributed by atoms with E-state index in [1.165, 1.54) is 32.1 Å². The second-order valence-electron chi connectivity index (χ2n) is 7.60. The summed E-state index contributed by atoms with van der Waals surface area (Å²) in [5, 5.41) is 3.16. The number of hydrogen-bond donors (Lipinski definition) is 1. The highest BCUT2D eigenvalue weighted by atomic mass is 16.6. The van der Waals surface area contributed by atoms with Crippen molar-refractivity contribution in [3.05, 3.63) is 0 Å². The molecule has 4 aliphatic rings. The SMILES string of the molecule is CC(C)(C)OC(=O)NC1C2CC3CC(C2)CC1C3. The smallest absolute Gasteiger partial charge is 0.407 e. The topological polar surface area (TPSA) is 38.3 Å². The summed E-state index contributed by atoms with van der Waals surface area (Å²) in [5.41, 5.74) is -0.393. The van der Waals surface area contributed by atoms with Crippen molar-refractivity contribution in [3.63, 3.8) is 0 Å². The first-order valence-electron chi connectivity index (χ1n) is 7.40. The Morgan fingerprint density at radius 3 is 1.94 bits per heavy atom. The molecule has 0 saturated heterocycles. The van der Waals surface area contributed by atoms with E-state index in [4.69, 9.17) is 4.74 Å². The molecule has 0 radical (unpaired) electrons. The van der Waals surface area contributed by atoms with Gasteiger partial charge < -0.3 is 10.1 Å². The Morgan fingerprint density at radius 2 is 1.50 bits per heavy atom. The standard InChI is InChI=1S/C15H25NO2/c1-15(2,3)18-14(17)16-13-11-5-9-4-10(7-11)8-12(13)6-9/h9-13H,4-8H2,1-3H3,(H,16,17). The van der Waals surface area contributed by atoms with Gasteiger partial charge in [0.1, 0.15) is 5.60 Å². The molecule has 4 bridgehead atoms. The Kier molecular flexibility index (Phi) is 2.83. The first kappa shape index (κ1) is 12.3. The summed E-state index contributed by atoms with van der Waals surface area (Å²) >= 11 is 0. The number of amides is 1. The van der Waals surface area contributed by atoms with Gasteiger partial charge in [-0.15, -0.1) is 0 Å². The highest BCUT2D eigenvalue weighted by molar-refractivity contribution is 5.68. The Hall–Kier alpha value is -0.730. The molecule has 1 amide bonds. The Morgan fingerprint density at radius 1 is 1.00 bits per heavy atom. The van der Waals surface area contributed by atoms with Crippen LogP contribution >= 0.6 is 0 Å². The van der Waals surface area contributed by atoms with Gasteiger partial charge in [-0.1, -0.05) is 0 Å². The zero-order valence-electron chi connectivity index (χ0n) is 11.7. The fourth-order valence-corrected chi connectivity index (χ4v) is 4.60. The van der Waals surface area contributed by atoms with Crippen LogP contribution in [0.1, 0.15) is 52.9 Å². The average molecular weight is 251 g/mol. The Bertz CT molecular complexity index is 317. The van der Waals surface area contributed by atoms with Crippen LogP contribution in [0.4, 0.5) is 4.79 Å². The zero-order valence-corrected chi connectivity index (χ0v) is 11.7. The van der Waals surface area contributed by atoms with Gasteiger partial charge in [-0.2, -0.15) is 0 Å². The number of ether oxygens (including phenoxy) is 1. The van der Waals surface area contributed by atoms with E-state index in [0.717, 1.165) is 11.8 Å². The Labute approximate surface area is 110 Å². The minimum absolute atomic E-state index is 0.222. The largest absolute Gasteiger partial charge is 0.444 e. The van der Waals surface area contributed by atoms with Crippen LogP contribution in [0.5, 0.6) is 0 Å². The summed E-state index contributed by atoms with van der Waals surface area (Å²) in [6.45, 7) is 5.76. The molecule has 0 aromatic rings. The molecule has 0 aromatic carbocycles. The summed E-state index contributed by atoms with van der Waals surface area (Å²) in [6, 6.07) is 0.382. The molecule has 18 heavy (non-hydrogen) atoms. The van der Waals surface area contributed by atoms with E-state index in [1.54, 1.807) is 0 Å². The molecule has 3 nitrogen and oxygen atoms in total. The van der Waals surface area contributed by atoms with Crippen LogP contribution in [0, 0.1) is 23.7 Å². The van der Waals surface area contributed by atoms with Crippen molar-refractivity contribution in [3.8, 4) is 0 Å². The average Bonchev–Trinajstić information content (AvgIpc) is 2.19. The zero-order chi connectivity index (χ0) is 12.9. The Balaban J connectivity index is 1.62. The third kappa shape index (κ3) is 2.36. The van der Waals surface area contributed by atoms with E-state index >= 15 is 0 Å². The maximum atomic E-state index is 11.9. The van der Waals surface area contributed by atoms with Crippen molar-refractivity contribution in [1.29, 1.82) is 0 Å². The van der Waals surface area contributed by atoms with E-state index in [2.05, 4.69) is 5.32 Å². The molecule has 0 atom stereocenters. The molecule has 0 spiro atoms. The van der Waals surface area contributed by atoms with Crippen LogP contribution in [0.3, 0.4) is 0 Å². The molecule has 4 saturated carbocycles. The third-order valence-corrected chi connectivity index (χ3v) is 4.91. The minimum Gasteiger partial charge on any atom is -0.444 e. The van der Waals surface area contributed by atoms with Crippen molar-refractivity contribution >= 4 is 6.09 Å². The van der Waals surface area contributed by atoms with E-state index < -0.39 is 5.60 Å². The molecule has 0 unspecified atom stereocenters. The maximum Gasteiger partial charge on any atom is 0.407 e. The van der Waals surface area contributed by atoms with Crippen LogP contribution in [-0.2, 0) is 4.74 Å². The van der Waals surface area contributed by atoms with Gasteiger partial charge in [0.2, 0.25) is 0 Å². The molecular formula is C15H25NO2. The predicted molar refractivity (Wildman–Crippen MR) is 70.2 cm³/mol. The number of nitrogens with one attached hydrogen (secondary N) is 1. The molecule has 102 valence electrons. The highest BCUT2D eigenvalue weighted by Gasteiger charge is 2.48. The highest BCUT2D eigenvalue weighted by Crippen LogP contribution is 2.53. The molecular weight excluding hydrogens is 226 g/mol. The van der Waals surface area contributed by atoms with Gasteiger partial charge in [-0.05, 0) is 76.5 Å². The summed E-state index contributed by atoms with van der Waals surface area (Å²) in [6.07, 6.45) is 6.54. The first-order chi connectivity index (χ1) is 8.40. The van der Waals surface area contributed by atoms with Crippen LogP contribution < -0.4 is 5.32 Å². The molecule has 0 aliphatic heterocycles.